The smallest absolute Gasteiger partial charge is 0.123 e. The number of ether oxygens (including phenoxy) is 2. The summed E-state index contributed by atoms with van der Waals surface area (Å²) in [6.45, 7) is 13.9. The van der Waals surface area contributed by atoms with Gasteiger partial charge in [0, 0.05) is 17.0 Å². The van der Waals surface area contributed by atoms with Gasteiger partial charge in [-0.1, -0.05) is 65.8 Å². The molecule has 0 N–H and O–H groups in total. The van der Waals surface area contributed by atoms with Crippen LogP contribution >= 0.6 is 0 Å². The Morgan fingerprint density at radius 3 is 1.89 bits per heavy atom. The highest BCUT2D eigenvalue weighted by molar-refractivity contribution is 5.81. The van der Waals surface area contributed by atoms with Gasteiger partial charge in [0.05, 0.1) is 24.4 Å². The van der Waals surface area contributed by atoms with Gasteiger partial charge in [0.1, 0.15) is 11.5 Å². The van der Waals surface area contributed by atoms with E-state index in [0.29, 0.717) is 25.0 Å². The van der Waals surface area contributed by atoms with Crippen molar-refractivity contribution in [3.8, 4) is 22.8 Å². The summed E-state index contributed by atoms with van der Waals surface area (Å²) in [7, 11) is 0. The highest BCUT2D eigenvalue weighted by Gasteiger charge is 2.09. The SMILES string of the molecule is CC.CC(C)COc1cc(OCC(C)C)cc(-c2ccc3ccccc3n2)c1. The lowest BCUT2D eigenvalue weighted by Gasteiger charge is -2.14. The molecule has 0 aliphatic carbocycles. The molecule has 0 unspecified atom stereocenters. The van der Waals surface area contributed by atoms with E-state index in [-0.39, 0.29) is 0 Å². The Bertz CT molecular complexity index is 841. The minimum atomic E-state index is 0.470. The molecule has 0 fully saturated rings. The van der Waals surface area contributed by atoms with Crippen LogP contribution in [0.4, 0.5) is 0 Å². The van der Waals surface area contributed by atoms with E-state index >= 15 is 0 Å². The molecule has 0 saturated heterocycles. The number of hydrogen-bond donors (Lipinski definition) is 0. The van der Waals surface area contributed by atoms with Crippen molar-refractivity contribution in [2.75, 3.05) is 13.2 Å². The van der Waals surface area contributed by atoms with Crippen LogP contribution in [0, 0.1) is 11.8 Å². The fourth-order valence-corrected chi connectivity index (χ4v) is 2.64. The van der Waals surface area contributed by atoms with E-state index in [4.69, 9.17) is 14.5 Å². The van der Waals surface area contributed by atoms with E-state index < -0.39 is 0 Å². The van der Waals surface area contributed by atoms with Crippen molar-refractivity contribution >= 4 is 10.9 Å². The van der Waals surface area contributed by atoms with Crippen molar-refractivity contribution in [3.63, 3.8) is 0 Å². The highest BCUT2D eigenvalue weighted by atomic mass is 16.5. The molecular weight excluding hydrogens is 346 g/mol. The average Bonchev–Trinajstić information content (AvgIpc) is 2.71. The van der Waals surface area contributed by atoms with Crippen molar-refractivity contribution in [3.05, 3.63) is 54.6 Å². The topological polar surface area (TPSA) is 31.4 Å². The van der Waals surface area contributed by atoms with Crippen LogP contribution in [0.2, 0.25) is 0 Å². The van der Waals surface area contributed by atoms with Crippen LogP contribution in [-0.2, 0) is 0 Å². The van der Waals surface area contributed by atoms with Crippen LogP contribution in [0.25, 0.3) is 22.2 Å². The third kappa shape index (κ3) is 6.26. The molecule has 0 aliphatic heterocycles. The Hall–Kier alpha value is -2.55. The number of benzene rings is 2. The second-order valence-electron chi connectivity index (χ2n) is 7.49. The second-order valence-corrected chi connectivity index (χ2v) is 7.49. The van der Waals surface area contributed by atoms with Gasteiger partial charge in [-0.05, 0) is 36.1 Å². The van der Waals surface area contributed by atoms with Crippen molar-refractivity contribution < 1.29 is 9.47 Å². The van der Waals surface area contributed by atoms with Crippen molar-refractivity contribution in [1.29, 1.82) is 0 Å². The van der Waals surface area contributed by atoms with Gasteiger partial charge in [0.2, 0.25) is 0 Å². The molecular formula is C25H33NO2. The molecule has 0 atom stereocenters. The fraction of sp³-hybridized carbons (Fsp3) is 0.400. The maximum absolute atomic E-state index is 5.96. The highest BCUT2D eigenvalue weighted by Crippen LogP contribution is 2.30. The Morgan fingerprint density at radius 2 is 1.32 bits per heavy atom. The van der Waals surface area contributed by atoms with Gasteiger partial charge in [-0.2, -0.15) is 0 Å². The van der Waals surface area contributed by atoms with Crippen LogP contribution in [0.15, 0.2) is 54.6 Å². The van der Waals surface area contributed by atoms with Gasteiger partial charge < -0.3 is 9.47 Å². The molecule has 0 radical (unpaired) electrons. The van der Waals surface area contributed by atoms with Crippen molar-refractivity contribution in [2.45, 2.75) is 41.5 Å². The number of para-hydroxylation sites is 1. The van der Waals surface area contributed by atoms with Gasteiger partial charge in [-0.3, -0.25) is 0 Å². The third-order valence-corrected chi connectivity index (χ3v) is 3.94. The number of hydrogen-bond acceptors (Lipinski definition) is 3. The largest absolute Gasteiger partial charge is 0.493 e. The second kappa shape index (κ2) is 10.7. The number of pyridine rings is 1. The van der Waals surface area contributed by atoms with Gasteiger partial charge in [0.15, 0.2) is 0 Å². The molecule has 1 heterocycles. The van der Waals surface area contributed by atoms with Crippen LogP contribution in [-0.4, -0.2) is 18.2 Å². The van der Waals surface area contributed by atoms with Crippen LogP contribution in [0.5, 0.6) is 11.5 Å². The van der Waals surface area contributed by atoms with Gasteiger partial charge in [0.25, 0.3) is 0 Å². The van der Waals surface area contributed by atoms with E-state index in [9.17, 15) is 0 Å². The summed E-state index contributed by atoms with van der Waals surface area (Å²) < 4.78 is 11.9. The molecule has 0 amide bonds. The Balaban J connectivity index is 0.00000136. The fourth-order valence-electron chi connectivity index (χ4n) is 2.64. The Morgan fingerprint density at radius 1 is 0.750 bits per heavy atom. The van der Waals surface area contributed by atoms with E-state index in [1.54, 1.807) is 0 Å². The normalized spacial score (nSPS) is 10.7. The van der Waals surface area contributed by atoms with Crippen LogP contribution < -0.4 is 9.47 Å². The standard InChI is InChI=1S/C23H27NO2.C2H6/c1-16(2)14-25-20-11-19(12-21(13-20)26-15-17(3)4)23-10-9-18-7-5-6-8-22(18)24-23;1-2/h5-13,16-17H,14-15H2,1-4H3;1-2H3. The molecule has 3 nitrogen and oxygen atoms in total. The lowest BCUT2D eigenvalue weighted by Crippen LogP contribution is -2.07. The summed E-state index contributed by atoms with van der Waals surface area (Å²) in [5, 5.41) is 1.14. The molecule has 0 spiro atoms. The first-order valence-corrected chi connectivity index (χ1v) is 10.3. The molecule has 28 heavy (non-hydrogen) atoms. The Labute approximate surface area is 169 Å². The van der Waals surface area contributed by atoms with Gasteiger partial charge in [-0.25, -0.2) is 4.98 Å². The molecule has 0 saturated carbocycles. The molecule has 1 aromatic heterocycles. The molecule has 0 aliphatic rings. The summed E-state index contributed by atoms with van der Waals surface area (Å²) >= 11 is 0. The number of rotatable bonds is 7. The maximum Gasteiger partial charge on any atom is 0.123 e. The molecule has 3 heteroatoms. The zero-order chi connectivity index (χ0) is 20.5. The molecule has 2 aromatic carbocycles. The number of nitrogens with zero attached hydrogens (tertiary/aromatic N) is 1. The quantitative estimate of drug-likeness (QED) is 0.443. The molecule has 3 aromatic rings. The van der Waals surface area contributed by atoms with E-state index in [2.05, 4.69) is 45.9 Å². The first-order chi connectivity index (χ1) is 13.5. The molecule has 0 bridgehead atoms. The summed E-state index contributed by atoms with van der Waals surface area (Å²) in [6, 6.07) is 18.4. The van der Waals surface area contributed by atoms with Crippen molar-refractivity contribution in [1.82, 2.24) is 4.98 Å². The first kappa shape index (κ1) is 21.7. The lowest BCUT2D eigenvalue weighted by atomic mass is 10.1. The zero-order valence-electron chi connectivity index (χ0n) is 18.0. The zero-order valence-corrected chi connectivity index (χ0v) is 18.0. The third-order valence-electron chi connectivity index (χ3n) is 3.94. The lowest BCUT2D eigenvalue weighted by molar-refractivity contribution is 0.258. The van der Waals surface area contributed by atoms with E-state index in [1.165, 1.54) is 0 Å². The molecule has 150 valence electrons. The van der Waals surface area contributed by atoms with Crippen LogP contribution in [0.3, 0.4) is 0 Å². The van der Waals surface area contributed by atoms with Gasteiger partial charge in [-0.15, -0.1) is 0 Å². The minimum absolute atomic E-state index is 0.470. The predicted molar refractivity (Wildman–Crippen MR) is 119 cm³/mol. The van der Waals surface area contributed by atoms with Gasteiger partial charge >= 0.3 is 0 Å². The summed E-state index contributed by atoms with van der Waals surface area (Å²) in [5.41, 5.74) is 2.92. The average molecular weight is 380 g/mol. The number of aromatic nitrogens is 1. The summed E-state index contributed by atoms with van der Waals surface area (Å²) in [6.07, 6.45) is 0. The van der Waals surface area contributed by atoms with Crippen LogP contribution in [0.1, 0.15) is 41.5 Å². The van der Waals surface area contributed by atoms with E-state index in [0.717, 1.165) is 33.7 Å². The van der Waals surface area contributed by atoms with E-state index in [1.807, 2.05) is 50.2 Å². The Kier molecular flexibility index (Phi) is 8.31. The summed E-state index contributed by atoms with van der Waals surface area (Å²) in [4.78, 5) is 4.81. The monoisotopic (exact) mass is 379 g/mol. The predicted octanol–water partition coefficient (Wildman–Crippen LogP) is 7.00. The summed E-state index contributed by atoms with van der Waals surface area (Å²) in [5.74, 6) is 2.59. The maximum atomic E-state index is 5.96. The molecule has 3 rings (SSSR count). The number of fused-ring (bicyclic) bond motifs is 1. The first-order valence-electron chi connectivity index (χ1n) is 10.3. The van der Waals surface area contributed by atoms with Crippen molar-refractivity contribution in [2.24, 2.45) is 11.8 Å². The minimum Gasteiger partial charge on any atom is -0.493 e.